The van der Waals surface area contributed by atoms with Crippen LogP contribution in [0.2, 0.25) is 0 Å². The zero-order valence-corrected chi connectivity index (χ0v) is 15.8. The molecule has 0 bridgehead atoms. The molecular formula is C21H21N7O. The van der Waals surface area contributed by atoms with Gasteiger partial charge in [0.25, 0.3) is 0 Å². The van der Waals surface area contributed by atoms with Crippen molar-refractivity contribution in [2.45, 2.75) is 12.5 Å². The lowest BCUT2D eigenvalue weighted by atomic mass is 9.99. The third kappa shape index (κ3) is 3.27. The smallest absolute Gasteiger partial charge is 0.237 e. The van der Waals surface area contributed by atoms with Crippen LogP contribution in [0.3, 0.4) is 0 Å². The number of amides is 1. The van der Waals surface area contributed by atoms with Crippen LogP contribution in [0.25, 0.3) is 21.8 Å². The predicted molar refractivity (Wildman–Crippen MR) is 111 cm³/mol. The molecule has 1 amide bonds. The average molecular weight is 387 g/mol. The van der Waals surface area contributed by atoms with Gasteiger partial charge in [0.2, 0.25) is 5.91 Å². The molecule has 0 saturated carbocycles. The highest BCUT2D eigenvalue weighted by Crippen LogP contribution is 2.30. The molecule has 1 saturated heterocycles. The van der Waals surface area contributed by atoms with Gasteiger partial charge >= 0.3 is 0 Å². The van der Waals surface area contributed by atoms with E-state index in [1.165, 1.54) is 0 Å². The largest absolute Gasteiger partial charge is 0.383 e. The van der Waals surface area contributed by atoms with Gasteiger partial charge < -0.3 is 20.9 Å². The molecular weight excluding hydrogens is 366 g/mol. The summed E-state index contributed by atoms with van der Waals surface area (Å²) in [6.07, 6.45) is 5.71. The number of hydrogen-bond acceptors (Lipinski definition) is 6. The number of nitrogen functional groups attached to an aromatic ring is 1. The average Bonchev–Trinajstić information content (AvgIpc) is 3.18. The fourth-order valence-corrected chi connectivity index (χ4v) is 3.99. The Morgan fingerprint density at radius 3 is 3.00 bits per heavy atom. The maximum atomic E-state index is 12.7. The van der Waals surface area contributed by atoms with Gasteiger partial charge in [0.05, 0.1) is 23.6 Å². The van der Waals surface area contributed by atoms with E-state index in [4.69, 9.17) is 5.73 Å². The lowest BCUT2D eigenvalue weighted by Crippen LogP contribution is -2.50. The van der Waals surface area contributed by atoms with Gasteiger partial charge in [0, 0.05) is 41.9 Å². The summed E-state index contributed by atoms with van der Waals surface area (Å²) < 4.78 is 0. The van der Waals surface area contributed by atoms with E-state index in [1.54, 1.807) is 18.7 Å². The minimum atomic E-state index is -0.129. The van der Waals surface area contributed by atoms with E-state index >= 15 is 0 Å². The number of carbonyl (C=O) groups excluding carboxylic acids is 1. The quantitative estimate of drug-likeness (QED) is 0.492. The first kappa shape index (κ1) is 17.6. The van der Waals surface area contributed by atoms with Crippen LogP contribution < -0.4 is 11.1 Å². The first-order valence-corrected chi connectivity index (χ1v) is 9.61. The highest BCUT2D eigenvalue weighted by Gasteiger charge is 2.29. The molecule has 1 aliphatic heterocycles. The highest BCUT2D eigenvalue weighted by atomic mass is 16.2. The van der Waals surface area contributed by atoms with E-state index < -0.39 is 0 Å². The molecule has 3 aromatic heterocycles. The van der Waals surface area contributed by atoms with Crippen molar-refractivity contribution in [2.24, 2.45) is 0 Å². The number of pyridine rings is 1. The van der Waals surface area contributed by atoms with Crippen LogP contribution in [0, 0.1) is 0 Å². The van der Waals surface area contributed by atoms with E-state index in [0.717, 1.165) is 39.6 Å². The Bertz CT molecular complexity index is 1200. The van der Waals surface area contributed by atoms with Crippen molar-refractivity contribution in [3.63, 3.8) is 0 Å². The zero-order valence-electron chi connectivity index (χ0n) is 15.8. The van der Waals surface area contributed by atoms with Crippen molar-refractivity contribution in [3.05, 3.63) is 60.3 Å². The van der Waals surface area contributed by atoms with E-state index in [1.807, 2.05) is 23.1 Å². The predicted octanol–water partition coefficient (Wildman–Crippen LogP) is 1.80. The number of benzene rings is 1. The van der Waals surface area contributed by atoms with Crippen molar-refractivity contribution >= 4 is 33.5 Å². The Morgan fingerprint density at radius 2 is 2.14 bits per heavy atom. The Hall–Kier alpha value is -3.52. The number of nitrogens with zero attached hydrogens (tertiary/aromatic N) is 4. The van der Waals surface area contributed by atoms with Gasteiger partial charge in [-0.1, -0.05) is 12.1 Å². The second-order valence-electron chi connectivity index (χ2n) is 7.28. The normalized spacial score (nSPS) is 15.9. The Kier molecular flexibility index (Phi) is 4.33. The number of fused-ring (bicyclic) bond motifs is 2. The Labute approximate surface area is 167 Å². The second-order valence-corrected chi connectivity index (χ2v) is 7.28. The third-order valence-corrected chi connectivity index (χ3v) is 5.46. The molecule has 0 aliphatic carbocycles. The molecule has 4 N–H and O–H groups in total. The summed E-state index contributed by atoms with van der Waals surface area (Å²) in [7, 11) is 0. The summed E-state index contributed by atoms with van der Waals surface area (Å²) in [5.41, 5.74) is 9.94. The number of aromatic nitrogens is 4. The summed E-state index contributed by atoms with van der Waals surface area (Å²) in [6, 6.07) is 9.95. The van der Waals surface area contributed by atoms with Crippen LogP contribution in [-0.4, -0.2) is 50.4 Å². The number of carbonyl (C=O) groups is 1. The number of anilines is 1. The lowest BCUT2D eigenvalue weighted by molar-refractivity contribution is -0.134. The molecule has 29 heavy (non-hydrogen) atoms. The van der Waals surface area contributed by atoms with Crippen molar-refractivity contribution in [2.75, 3.05) is 25.4 Å². The van der Waals surface area contributed by atoms with Gasteiger partial charge in [0.1, 0.15) is 12.1 Å². The third-order valence-electron chi connectivity index (χ3n) is 5.46. The monoisotopic (exact) mass is 387 g/mol. The molecule has 5 rings (SSSR count). The fraction of sp³-hybridized carbons (Fsp3) is 0.238. The molecule has 1 aliphatic rings. The van der Waals surface area contributed by atoms with Gasteiger partial charge in [-0.3, -0.25) is 4.79 Å². The van der Waals surface area contributed by atoms with Crippen molar-refractivity contribution in [1.29, 1.82) is 0 Å². The molecule has 1 fully saturated rings. The minimum Gasteiger partial charge on any atom is -0.383 e. The van der Waals surface area contributed by atoms with Crippen LogP contribution in [-0.2, 0) is 11.2 Å². The summed E-state index contributed by atoms with van der Waals surface area (Å²) in [6.45, 7) is 1.78. The Morgan fingerprint density at radius 1 is 1.21 bits per heavy atom. The van der Waals surface area contributed by atoms with Crippen LogP contribution in [0.4, 0.5) is 5.82 Å². The molecule has 0 spiro atoms. The van der Waals surface area contributed by atoms with E-state index in [2.05, 4.69) is 37.4 Å². The molecule has 8 nitrogen and oxygen atoms in total. The van der Waals surface area contributed by atoms with Crippen molar-refractivity contribution in [1.82, 2.24) is 30.2 Å². The zero-order chi connectivity index (χ0) is 19.8. The van der Waals surface area contributed by atoms with Crippen molar-refractivity contribution in [3.8, 4) is 0 Å². The van der Waals surface area contributed by atoms with Gasteiger partial charge in [-0.15, -0.1) is 0 Å². The molecule has 146 valence electrons. The topological polar surface area (TPSA) is 113 Å². The molecule has 0 radical (unpaired) electrons. The number of rotatable bonds is 4. The number of H-pyrrole nitrogens is 1. The number of nitrogens with one attached hydrogen (secondary N) is 2. The molecule has 8 heteroatoms. The van der Waals surface area contributed by atoms with Gasteiger partial charge in [-0.05, 0) is 30.2 Å². The Balaban J connectivity index is 1.56. The number of piperazine rings is 1. The number of hydrogen-bond donors (Lipinski definition) is 3. The van der Waals surface area contributed by atoms with Gasteiger partial charge in [-0.25, -0.2) is 15.0 Å². The highest BCUT2D eigenvalue weighted by molar-refractivity contribution is 5.89. The summed E-state index contributed by atoms with van der Waals surface area (Å²) in [4.78, 5) is 30.7. The summed E-state index contributed by atoms with van der Waals surface area (Å²) in [5, 5.41) is 5.02. The maximum absolute atomic E-state index is 12.7. The molecule has 1 atom stereocenters. The SMILES string of the molecule is Nc1nccc2[nH]c(C(Cc3ccc4cncnc4c3)N3CCNCC3=O)cc12. The number of nitrogens with two attached hydrogens (primary N) is 1. The molecule has 4 aromatic rings. The molecule has 1 aromatic carbocycles. The van der Waals surface area contributed by atoms with E-state index in [9.17, 15) is 4.79 Å². The lowest BCUT2D eigenvalue weighted by Gasteiger charge is -2.34. The van der Waals surface area contributed by atoms with Crippen LogP contribution >= 0.6 is 0 Å². The standard InChI is InChI=1S/C21H21N7O/c22-21-15-9-18(27-16(15)3-4-25-21)19(28-6-5-23-11-20(28)29)8-13-1-2-14-10-24-12-26-17(14)7-13/h1-4,7,9-10,12,19,23,27H,5-6,8,11H2,(H2,22,25). The molecule has 1 unspecified atom stereocenters. The van der Waals surface area contributed by atoms with E-state index in [-0.39, 0.29) is 11.9 Å². The first-order chi connectivity index (χ1) is 14.2. The van der Waals surface area contributed by atoms with Crippen LogP contribution in [0.1, 0.15) is 17.3 Å². The fourth-order valence-electron chi connectivity index (χ4n) is 3.99. The first-order valence-electron chi connectivity index (χ1n) is 9.61. The minimum absolute atomic E-state index is 0.0918. The van der Waals surface area contributed by atoms with Crippen molar-refractivity contribution < 1.29 is 4.79 Å². The van der Waals surface area contributed by atoms with Gasteiger partial charge in [-0.2, -0.15) is 0 Å². The van der Waals surface area contributed by atoms with Crippen LogP contribution in [0.5, 0.6) is 0 Å². The molecule has 4 heterocycles. The second kappa shape index (κ2) is 7.14. The summed E-state index contributed by atoms with van der Waals surface area (Å²) >= 11 is 0. The number of aromatic amines is 1. The van der Waals surface area contributed by atoms with E-state index in [0.29, 0.717) is 25.3 Å². The maximum Gasteiger partial charge on any atom is 0.237 e. The van der Waals surface area contributed by atoms with Gasteiger partial charge in [0.15, 0.2) is 0 Å². The summed E-state index contributed by atoms with van der Waals surface area (Å²) in [5.74, 6) is 0.576. The van der Waals surface area contributed by atoms with Crippen LogP contribution in [0.15, 0.2) is 49.1 Å².